The molecule has 0 aliphatic rings. The van der Waals surface area contributed by atoms with Gasteiger partial charge in [-0.05, 0) is 18.2 Å². The van der Waals surface area contributed by atoms with E-state index in [-0.39, 0.29) is 5.78 Å². The van der Waals surface area contributed by atoms with Crippen LogP contribution in [0.4, 0.5) is 0 Å². The summed E-state index contributed by atoms with van der Waals surface area (Å²) in [5.74, 6) is 0.821. The Labute approximate surface area is 131 Å². The molecule has 1 heterocycles. The number of carbonyl (C=O) groups excluding carboxylic acids is 1. The van der Waals surface area contributed by atoms with Gasteiger partial charge in [0.25, 0.3) is 0 Å². The number of rotatable bonds is 4. The van der Waals surface area contributed by atoms with Crippen LogP contribution in [-0.4, -0.2) is 17.9 Å². The minimum atomic E-state index is 0.0769. The molecule has 0 saturated heterocycles. The maximum atomic E-state index is 12.6. The van der Waals surface area contributed by atoms with E-state index in [4.69, 9.17) is 4.74 Å². The molecule has 1 N–H and O–H groups in total. The average Bonchev–Trinajstić information content (AvgIpc) is 2.90. The number of H-pyrrole nitrogens is 1. The first kappa shape index (κ1) is 13.9. The number of hydrogen-bond acceptors (Lipinski definition) is 2. The fourth-order valence-electron chi connectivity index (χ4n) is 2.45. The van der Waals surface area contributed by atoms with E-state index in [0.29, 0.717) is 12.0 Å². The molecule has 0 atom stereocenters. The predicted octanol–water partition coefficient (Wildman–Crippen LogP) is 4.36. The smallest absolute Gasteiger partial charge is 0.169 e. The second kappa shape index (κ2) is 5.74. The number of aromatic nitrogens is 1. The van der Waals surface area contributed by atoms with Crippen LogP contribution in [0.3, 0.4) is 0 Å². The number of nitrogens with one attached hydrogen (secondary N) is 1. The molecule has 0 unspecified atom stereocenters. The lowest BCUT2D eigenvalue weighted by molar-refractivity contribution is 0.0993. The summed E-state index contributed by atoms with van der Waals surface area (Å²) in [4.78, 5) is 15.7. The first-order valence-corrected chi connectivity index (χ1v) is 7.40. The first-order valence-electron chi connectivity index (χ1n) is 6.61. The van der Waals surface area contributed by atoms with Gasteiger partial charge in [0.05, 0.1) is 7.11 Å². The SMILES string of the molecule is COc1ccccc1CC(=O)c1c[nH]c2cc(Br)ccc12. The topological polar surface area (TPSA) is 42.1 Å². The normalized spacial score (nSPS) is 10.8. The highest BCUT2D eigenvalue weighted by molar-refractivity contribution is 9.10. The van der Waals surface area contributed by atoms with E-state index >= 15 is 0 Å². The lowest BCUT2D eigenvalue weighted by atomic mass is 10.0. The van der Waals surface area contributed by atoms with Gasteiger partial charge in [0.1, 0.15) is 5.75 Å². The molecule has 0 saturated carbocycles. The molecule has 0 aliphatic heterocycles. The van der Waals surface area contributed by atoms with Crippen LogP contribution in [0.2, 0.25) is 0 Å². The van der Waals surface area contributed by atoms with Crippen LogP contribution in [0, 0.1) is 0 Å². The summed E-state index contributed by atoms with van der Waals surface area (Å²) in [6.45, 7) is 0. The second-order valence-corrected chi connectivity index (χ2v) is 5.72. The number of halogens is 1. The molecule has 2 aromatic carbocycles. The lowest BCUT2D eigenvalue weighted by Gasteiger charge is -2.07. The van der Waals surface area contributed by atoms with Crippen LogP contribution in [0.1, 0.15) is 15.9 Å². The van der Waals surface area contributed by atoms with Gasteiger partial charge in [0, 0.05) is 39.1 Å². The van der Waals surface area contributed by atoms with E-state index in [1.165, 1.54) is 0 Å². The van der Waals surface area contributed by atoms with Gasteiger partial charge in [0.2, 0.25) is 0 Å². The third-order valence-corrected chi connectivity index (χ3v) is 3.98. The van der Waals surface area contributed by atoms with Crippen LogP contribution in [0.25, 0.3) is 10.9 Å². The van der Waals surface area contributed by atoms with Crippen molar-refractivity contribution < 1.29 is 9.53 Å². The van der Waals surface area contributed by atoms with Gasteiger partial charge in [-0.2, -0.15) is 0 Å². The van der Waals surface area contributed by atoms with Crippen molar-refractivity contribution in [3.63, 3.8) is 0 Å². The Balaban J connectivity index is 1.94. The van der Waals surface area contributed by atoms with E-state index < -0.39 is 0 Å². The number of ketones is 1. The van der Waals surface area contributed by atoms with Crippen molar-refractivity contribution in [3.8, 4) is 5.75 Å². The molecule has 0 spiro atoms. The standard InChI is InChI=1S/C17H14BrNO2/c1-21-17-5-3-2-4-11(17)8-16(20)14-10-19-15-9-12(18)6-7-13(14)15/h2-7,9-10,19H,8H2,1H3. The minimum Gasteiger partial charge on any atom is -0.496 e. The number of carbonyl (C=O) groups is 1. The third kappa shape index (κ3) is 2.72. The van der Waals surface area contributed by atoms with Crippen LogP contribution in [0.5, 0.6) is 5.75 Å². The number of aromatic amines is 1. The number of benzene rings is 2. The summed E-state index contributed by atoms with van der Waals surface area (Å²) in [6.07, 6.45) is 2.10. The monoisotopic (exact) mass is 343 g/mol. The fourth-order valence-corrected chi connectivity index (χ4v) is 2.81. The van der Waals surface area contributed by atoms with Crippen molar-refractivity contribution in [1.29, 1.82) is 0 Å². The molecule has 106 valence electrons. The average molecular weight is 344 g/mol. The zero-order valence-electron chi connectivity index (χ0n) is 11.5. The molecular weight excluding hydrogens is 330 g/mol. The van der Waals surface area contributed by atoms with Crippen LogP contribution >= 0.6 is 15.9 Å². The Morgan fingerprint density at radius 1 is 1.24 bits per heavy atom. The largest absolute Gasteiger partial charge is 0.496 e. The highest BCUT2D eigenvalue weighted by atomic mass is 79.9. The Bertz CT molecular complexity index is 807. The third-order valence-electron chi connectivity index (χ3n) is 3.49. The molecule has 0 aliphatic carbocycles. The van der Waals surface area contributed by atoms with E-state index in [1.54, 1.807) is 13.3 Å². The van der Waals surface area contributed by atoms with Gasteiger partial charge >= 0.3 is 0 Å². The van der Waals surface area contributed by atoms with Gasteiger partial charge < -0.3 is 9.72 Å². The Hall–Kier alpha value is -2.07. The maximum absolute atomic E-state index is 12.6. The van der Waals surface area contributed by atoms with Gasteiger partial charge in [-0.1, -0.05) is 40.2 Å². The van der Waals surface area contributed by atoms with Gasteiger partial charge in [-0.25, -0.2) is 0 Å². The van der Waals surface area contributed by atoms with Crippen molar-refractivity contribution in [2.45, 2.75) is 6.42 Å². The zero-order chi connectivity index (χ0) is 14.8. The quantitative estimate of drug-likeness (QED) is 0.715. The van der Waals surface area contributed by atoms with Crippen LogP contribution in [-0.2, 0) is 6.42 Å². The molecule has 21 heavy (non-hydrogen) atoms. The van der Waals surface area contributed by atoms with Crippen LogP contribution < -0.4 is 4.74 Å². The number of methoxy groups -OCH3 is 1. The second-order valence-electron chi connectivity index (χ2n) is 4.80. The molecule has 3 rings (SSSR count). The van der Waals surface area contributed by atoms with Crippen molar-refractivity contribution in [2.75, 3.05) is 7.11 Å². The molecule has 3 aromatic rings. The molecule has 0 bridgehead atoms. The molecule has 0 fully saturated rings. The summed E-state index contributed by atoms with van der Waals surface area (Å²) < 4.78 is 6.29. The van der Waals surface area contributed by atoms with Crippen molar-refractivity contribution in [2.24, 2.45) is 0 Å². The number of fused-ring (bicyclic) bond motifs is 1. The molecule has 0 radical (unpaired) electrons. The molecule has 1 aromatic heterocycles. The Kier molecular flexibility index (Phi) is 3.80. The Morgan fingerprint density at radius 2 is 2.05 bits per heavy atom. The predicted molar refractivity (Wildman–Crippen MR) is 87.0 cm³/mol. The van der Waals surface area contributed by atoms with E-state index in [0.717, 1.165) is 26.7 Å². The lowest BCUT2D eigenvalue weighted by Crippen LogP contribution is -2.04. The minimum absolute atomic E-state index is 0.0769. The summed E-state index contributed by atoms with van der Waals surface area (Å²) in [7, 11) is 1.62. The molecule has 4 heteroatoms. The van der Waals surface area contributed by atoms with Gasteiger partial charge in [-0.15, -0.1) is 0 Å². The Morgan fingerprint density at radius 3 is 2.86 bits per heavy atom. The van der Waals surface area contributed by atoms with Gasteiger partial charge in [0.15, 0.2) is 5.78 Å². The zero-order valence-corrected chi connectivity index (χ0v) is 13.1. The van der Waals surface area contributed by atoms with Crippen molar-refractivity contribution >= 4 is 32.6 Å². The van der Waals surface area contributed by atoms with Crippen LogP contribution in [0.15, 0.2) is 53.1 Å². The molecular formula is C17H14BrNO2. The highest BCUT2D eigenvalue weighted by Crippen LogP contribution is 2.25. The first-order chi connectivity index (χ1) is 10.2. The fraction of sp³-hybridized carbons (Fsp3) is 0.118. The highest BCUT2D eigenvalue weighted by Gasteiger charge is 2.14. The van der Waals surface area contributed by atoms with Gasteiger partial charge in [-0.3, -0.25) is 4.79 Å². The van der Waals surface area contributed by atoms with Crippen molar-refractivity contribution in [3.05, 3.63) is 64.3 Å². The van der Waals surface area contributed by atoms with Crippen molar-refractivity contribution in [1.82, 2.24) is 4.98 Å². The number of ether oxygens (including phenoxy) is 1. The molecule has 0 amide bonds. The van der Waals surface area contributed by atoms with E-state index in [2.05, 4.69) is 20.9 Å². The van der Waals surface area contributed by atoms with E-state index in [1.807, 2.05) is 42.5 Å². The number of hydrogen-bond donors (Lipinski definition) is 1. The maximum Gasteiger partial charge on any atom is 0.169 e. The summed E-state index contributed by atoms with van der Waals surface area (Å²) in [6, 6.07) is 13.5. The number of Topliss-reactive ketones (excluding diaryl/α,β-unsaturated/α-hetero) is 1. The number of para-hydroxylation sites is 1. The summed E-state index contributed by atoms with van der Waals surface area (Å²) in [5, 5.41) is 0.943. The van der Waals surface area contributed by atoms with E-state index in [9.17, 15) is 4.79 Å². The molecule has 3 nitrogen and oxygen atoms in total. The summed E-state index contributed by atoms with van der Waals surface area (Å²) in [5.41, 5.74) is 2.56. The summed E-state index contributed by atoms with van der Waals surface area (Å²) >= 11 is 3.43.